The van der Waals surface area contributed by atoms with Crippen LogP contribution < -0.4 is 5.32 Å². The van der Waals surface area contributed by atoms with Crippen LogP contribution in [0.25, 0.3) is 0 Å². The van der Waals surface area contributed by atoms with Gasteiger partial charge in [-0.15, -0.1) is 0 Å². The normalized spacial score (nSPS) is 12.1. The maximum atomic E-state index is 13.4. The first-order valence-electron chi connectivity index (χ1n) is 6.03. The van der Waals surface area contributed by atoms with Crippen molar-refractivity contribution >= 4 is 21.9 Å². The van der Waals surface area contributed by atoms with Gasteiger partial charge in [-0.2, -0.15) is 0 Å². The van der Waals surface area contributed by atoms with Crippen LogP contribution in [0.1, 0.15) is 17.2 Å². The lowest BCUT2D eigenvalue weighted by molar-refractivity contribution is -0.139. The molecule has 0 radical (unpaired) electrons. The quantitative estimate of drug-likeness (QED) is 0.877. The molecule has 0 spiro atoms. The molecule has 0 aliphatic rings. The van der Waals surface area contributed by atoms with Gasteiger partial charge in [-0.05, 0) is 33.1 Å². The fourth-order valence-corrected chi connectivity index (χ4v) is 2.29. The van der Waals surface area contributed by atoms with Crippen molar-refractivity contribution in [2.45, 2.75) is 12.6 Å². The van der Waals surface area contributed by atoms with Crippen molar-refractivity contribution in [3.05, 3.63) is 69.9 Å². The predicted molar refractivity (Wildman–Crippen MR) is 77.8 cm³/mol. The Morgan fingerprint density at radius 1 is 1.20 bits per heavy atom. The van der Waals surface area contributed by atoms with Crippen LogP contribution in [-0.4, -0.2) is 11.1 Å². The van der Waals surface area contributed by atoms with Gasteiger partial charge in [-0.3, -0.25) is 10.1 Å². The van der Waals surface area contributed by atoms with Crippen molar-refractivity contribution in [1.29, 1.82) is 0 Å². The Bertz CT molecular complexity index is 604. The van der Waals surface area contributed by atoms with Gasteiger partial charge in [0, 0.05) is 6.54 Å². The summed E-state index contributed by atoms with van der Waals surface area (Å²) in [7, 11) is 0. The number of nitrogens with one attached hydrogen (secondary N) is 1. The summed E-state index contributed by atoms with van der Waals surface area (Å²) in [4.78, 5) is 11.3. The van der Waals surface area contributed by atoms with E-state index in [1.165, 1.54) is 6.07 Å². The van der Waals surface area contributed by atoms with E-state index in [0.29, 0.717) is 15.6 Å². The summed E-state index contributed by atoms with van der Waals surface area (Å²) in [5, 5.41) is 12.2. The second-order valence-electron chi connectivity index (χ2n) is 4.28. The minimum Gasteiger partial charge on any atom is -0.480 e. The molecule has 0 heterocycles. The van der Waals surface area contributed by atoms with E-state index >= 15 is 0 Å². The number of rotatable bonds is 5. The number of halogens is 2. The van der Waals surface area contributed by atoms with Gasteiger partial charge in [0.15, 0.2) is 0 Å². The molecule has 1 unspecified atom stereocenters. The lowest BCUT2D eigenvalue weighted by Crippen LogP contribution is -2.28. The van der Waals surface area contributed by atoms with Crippen LogP contribution in [-0.2, 0) is 11.3 Å². The van der Waals surface area contributed by atoms with Crippen molar-refractivity contribution in [3.8, 4) is 0 Å². The van der Waals surface area contributed by atoms with E-state index in [2.05, 4.69) is 21.2 Å². The summed E-state index contributed by atoms with van der Waals surface area (Å²) in [6.45, 7) is 0.254. The molecule has 0 aliphatic heterocycles. The Labute approximate surface area is 124 Å². The van der Waals surface area contributed by atoms with E-state index in [9.17, 15) is 14.3 Å². The zero-order chi connectivity index (χ0) is 14.5. The molecule has 104 valence electrons. The first kappa shape index (κ1) is 14.7. The molecule has 1 atom stereocenters. The summed E-state index contributed by atoms with van der Waals surface area (Å²) >= 11 is 3.16. The molecule has 0 fully saturated rings. The van der Waals surface area contributed by atoms with Gasteiger partial charge in [0.25, 0.3) is 0 Å². The van der Waals surface area contributed by atoms with Crippen LogP contribution in [0.3, 0.4) is 0 Å². The van der Waals surface area contributed by atoms with Crippen LogP contribution >= 0.6 is 15.9 Å². The second-order valence-corrected chi connectivity index (χ2v) is 5.07. The minimum absolute atomic E-state index is 0.254. The van der Waals surface area contributed by atoms with Crippen molar-refractivity contribution in [2.75, 3.05) is 0 Å². The summed E-state index contributed by atoms with van der Waals surface area (Å²) in [6.07, 6.45) is 0. The van der Waals surface area contributed by atoms with Crippen molar-refractivity contribution in [1.82, 2.24) is 5.32 Å². The third-order valence-corrected chi connectivity index (χ3v) is 3.80. The van der Waals surface area contributed by atoms with Gasteiger partial charge in [-0.25, -0.2) is 4.39 Å². The summed E-state index contributed by atoms with van der Waals surface area (Å²) in [6, 6.07) is 12.7. The Hall–Kier alpha value is -1.72. The van der Waals surface area contributed by atoms with Crippen molar-refractivity contribution in [2.24, 2.45) is 0 Å². The van der Waals surface area contributed by atoms with E-state index in [4.69, 9.17) is 0 Å². The maximum Gasteiger partial charge on any atom is 0.325 e. The molecule has 0 amide bonds. The number of carbonyl (C=O) groups is 1. The molecule has 3 nitrogen and oxygen atoms in total. The Morgan fingerprint density at radius 2 is 1.90 bits per heavy atom. The molecule has 0 aromatic heterocycles. The molecule has 0 saturated heterocycles. The van der Waals surface area contributed by atoms with Gasteiger partial charge in [0.2, 0.25) is 0 Å². The largest absolute Gasteiger partial charge is 0.480 e. The van der Waals surface area contributed by atoms with Gasteiger partial charge < -0.3 is 5.11 Å². The third-order valence-electron chi connectivity index (χ3n) is 2.91. The SMILES string of the molecule is O=C(O)C(NCc1cccc(F)c1Br)c1ccccc1. The summed E-state index contributed by atoms with van der Waals surface area (Å²) in [5.41, 5.74) is 1.33. The minimum atomic E-state index is -0.969. The molecular weight excluding hydrogens is 325 g/mol. The fraction of sp³-hybridized carbons (Fsp3) is 0.133. The highest BCUT2D eigenvalue weighted by molar-refractivity contribution is 9.10. The molecule has 20 heavy (non-hydrogen) atoms. The van der Waals surface area contributed by atoms with Gasteiger partial charge in [0.05, 0.1) is 4.47 Å². The topological polar surface area (TPSA) is 49.3 Å². The van der Waals surface area contributed by atoms with E-state index in [1.807, 2.05) is 6.07 Å². The first-order chi connectivity index (χ1) is 9.59. The number of benzene rings is 2. The zero-order valence-electron chi connectivity index (χ0n) is 10.5. The number of carboxylic acids is 1. The molecule has 5 heteroatoms. The van der Waals surface area contributed by atoms with Gasteiger partial charge in [0.1, 0.15) is 11.9 Å². The Kier molecular flexibility index (Phi) is 4.87. The van der Waals surface area contributed by atoms with Gasteiger partial charge in [-0.1, -0.05) is 42.5 Å². The number of hydrogen-bond donors (Lipinski definition) is 2. The van der Waals surface area contributed by atoms with Crippen LogP contribution in [0, 0.1) is 5.82 Å². The van der Waals surface area contributed by atoms with Crippen LogP contribution in [0.15, 0.2) is 53.0 Å². The average Bonchev–Trinajstić information content (AvgIpc) is 2.44. The maximum absolute atomic E-state index is 13.4. The molecular formula is C15H13BrFNO2. The second kappa shape index (κ2) is 6.63. The highest BCUT2D eigenvalue weighted by Crippen LogP contribution is 2.21. The number of hydrogen-bond acceptors (Lipinski definition) is 2. The highest BCUT2D eigenvalue weighted by atomic mass is 79.9. The van der Waals surface area contributed by atoms with Crippen molar-refractivity contribution < 1.29 is 14.3 Å². The lowest BCUT2D eigenvalue weighted by atomic mass is 10.1. The summed E-state index contributed by atoms with van der Waals surface area (Å²) < 4.78 is 13.7. The Morgan fingerprint density at radius 3 is 2.55 bits per heavy atom. The van der Waals surface area contributed by atoms with E-state index in [0.717, 1.165) is 0 Å². The summed E-state index contributed by atoms with van der Waals surface area (Å²) in [5.74, 6) is -1.33. The number of aliphatic carboxylic acids is 1. The third kappa shape index (κ3) is 3.43. The smallest absolute Gasteiger partial charge is 0.325 e. The van der Waals surface area contributed by atoms with E-state index < -0.39 is 12.0 Å². The predicted octanol–water partition coefficient (Wildman–Crippen LogP) is 3.50. The fourth-order valence-electron chi connectivity index (χ4n) is 1.89. The van der Waals surface area contributed by atoms with E-state index in [-0.39, 0.29) is 12.4 Å². The zero-order valence-corrected chi connectivity index (χ0v) is 12.1. The first-order valence-corrected chi connectivity index (χ1v) is 6.83. The number of carboxylic acid groups (broad SMARTS) is 1. The molecule has 2 aromatic rings. The van der Waals surface area contributed by atoms with Crippen LogP contribution in [0.5, 0.6) is 0 Å². The van der Waals surface area contributed by atoms with Crippen molar-refractivity contribution in [3.63, 3.8) is 0 Å². The molecule has 2 N–H and O–H groups in total. The Balaban J connectivity index is 2.14. The van der Waals surface area contributed by atoms with E-state index in [1.54, 1.807) is 36.4 Å². The van der Waals surface area contributed by atoms with Crippen LogP contribution in [0.2, 0.25) is 0 Å². The molecule has 0 aliphatic carbocycles. The van der Waals surface area contributed by atoms with Gasteiger partial charge >= 0.3 is 5.97 Å². The standard InChI is InChI=1S/C15H13BrFNO2/c16-13-11(7-4-8-12(13)17)9-18-14(15(19)20)10-5-2-1-3-6-10/h1-8,14,18H,9H2,(H,19,20). The molecule has 0 saturated carbocycles. The average molecular weight is 338 g/mol. The molecule has 2 aromatic carbocycles. The molecule has 0 bridgehead atoms. The molecule has 2 rings (SSSR count). The monoisotopic (exact) mass is 337 g/mol. The van der Waals surface area contributed by atoms with Crippen LogP contribution in [0.4, 0.5) is 4.39 Å². The highest BCUT2D eigenvalue weighted by Gasteiger charge is 2.19. The lowest BCUT2D eigenvalue weighted by Gasteiger charge is -2.15.